The number of rotatable bonds is 3. The van der Waals surface area contributed by atoms with E-state index in [9.17, 15) is 4.79 Å². The molecule has 0 aliphatic heterocycles. The summed E-state index contributed by atoms with van der Waals surface area (Å²) in [5.41, 5.74) is 4.73. The Bertz CT molecular complexity index is 889. The van der Waals surface area contributed by atoms with Gasteiger partial charge < -0.3 is 9.52 Å². The first-order valence-electron chi connectivity index (χ1n) is 8.26. The molecular formula is C20H19NO3. The molecule has 24 heavy (non-hydrogen) atoms. The van der Waals surface area contributed by atoms with E-state index in [1.54, 1.807) is 6.07 Å². The molecule has 0 fully saturated rings. The van der Waals surface area contributed by atoms with Gasteiger partial charge in [0.05, 0.1) is 5.69 Å². The normalized spacial score (nSPS) is 16.8. The fourth-order valence-corrected chi connectivity index (χ4v) is 3.51. The molecule has 1 aromatic carbocycles. The fraction of sp³-hybridized carbons (Fsp3) is 0.250. The van der Waals surface area contributed by atoms with Crippen LogP contribution in [-0.2, 0) is 12.8 Å². The molecule has 4 nitrogen and oxygen atoms in total. The van der Waals surface area contributed by atoms with E-state index >= 15 is 0 Å². The predicted octanol–water partition coefficient (Wildman–Crippen LogP) is 4.56. The summed E-state index contributed by atoms with van der Waals surface area (Å²) in [6, 6.07) is 15.6. The molecule has 0 amide bonds. The minimum absolute atomic E-state index is 0.0321. The third-order valence-electron chi connectivity index (χ3n) is 4.73. The van der Waals surface area contributed by atoms with Crippen LogP contribution in [0.1, 0.15) is 35.2 Å². The molecule has 1 aliphatic rings. The van der Waals surface area contributed by atoms with Crippen molar-refractivity contribution in [3.8, 4) is 17.1 Å². The summed E-state index contributed by atoms with van der Waals surface area (Å²) in [5, 5.41) is 9.16. The average Bonchev–Trinajstić information content (AvgIpc) is 3.19. The number of furan rings is 1. The Morgan fingerprint density at radius 3 is 2.71 bits per heavy atom. The van der Waals surface area contributed by atoms with Crippen LogP contribution < -0.4 is 0 Å². The van der Waals surface area contributed by atoms with Gasteiger partial charge in [-0.05, 0) is 48.4 Å². The number of carbonyl (C=O) groups is 1. The van der Waals surface area contributed by atoms with E-state index in [0.29, 0.717) is 11.8 Å². The van der Waals surface area contributed by atoms with Crippen LogP contribution in [0.3, 0.4) is 0 Å². The van der Waals surface area contributed by atoms with Crippen LogP contribution in [0.4, 0.5) is 0 Å². The van der Waals surface area contributed by atoms with E-state index in [0.717, 1.165) is 24.1 Å². The Hall–Kier alpha value is -2.75. The Kier molecular flexibility index (Phi) is 3.53. The van der Waals surface area contributed by atoms with Gasteiger partial charge in [0, 0.05) is 11.8 Å². The van der Waals surface area contributed by atoms with Gasteiger partial charge in [0.2, 0.25) is 11.6 Å². The van der Waals surface area contributed by atoms with Crippen molar-refractivity contribution in [3.63, 3.8) is 0 Å². The highest BCUT2D eigenvalue weighted by atomic mass is 16.4. The maximum absolute atomic E-state index is 11.2. The van der Waals surface area contributed by atoms with Crippen LogP contribution >= 0.6 is 0 Å². The number of hydrogen-bond donors (Lipinski definition) is 1. The average molecular weight is 321 g/mol. The molecule has 1 N–H and O–H groups in total. The van der Waals surface area contributed by atoms with Crippen molar-refractivity contribution in [3.05, 3.63) is 65.5 Å². The van der Waals surface area contributed by atoms with Gasteiger partial charge in [-0.2, -0.15) is 0 Å². The quantitative estimate of drug-likeness (QED) is 0.769. The van der Waals surface area contributed by atoms with Crippen molar-refractivity contribution in [2.45, 2.75) is 26.2 Å². The molecule has 2 aromatic heterocycles. The topological polar surface area (TPSA) is 55.4 Å². The lowest BCUT2D eigenvalue weighted by Crippen LogP contribution is -2.13. The second-order valence-electron chi connectivity index (χ2n) is 6.49. The Labute approximate surface area is 140 Å². The van der Waals surface area contributed by atoms with Gasteiger partial charge in [0.1, 0.15) is 0 Å². The van der Waals surface area contributed by atoms with Gasteiger partial charge in [-0.15, -0.1) is 0 Å². The smallest absolute Gasteiger partial charge is 0.371 e. The minimum Gasteiger partial charge on any atom is -0.475 e. The summed E-state index contributed by atoms with van der Waals surface area (Å²) in [6.07, 6.45) is 3.21. The van der Waals surface area contributed by atoms with Gasteiger partial charge in [-0.1, -0.05) is 37.3 Å². The maximum atomic E-state index is 11.2. The first-order valence-corrected chi connectivity index (χ1v) is 8.26. The van der Waals surface area contributed by atoms with Crippen molar-refractivity contribution in [2.24, 2.45) is 5.92 Å². The highest BCUT2D eigenvalue weighted by Gasteiger charge is 2.25. The van der Waals surface area contributed by atoms with Crippen LogP contribution in [0.5, 0.6) is 0 Å². The number of nitrogens with zero attached hydrogens (tertiary/aromatic N) is 1. The van der Waals surface area contributed by atoms with Gasteiger partial charge in [-0.25, -0.2) is 4.79 Å². The van der Waals surface area contributed by atoms with Crippen LogP contribution in [-0.4, -0.2) is 15.6 Å². The number of carboxylic acids is 1. The zero-order valence-corrected chi connectivity index (χ0v) is 13.5. The van der Waals surface area contributed by atoms with Crippen molar-refractivity contribution < 1.29 is 14.3 Å². The standard InChI is InChI=1S/C20H19NO3/c1-13-7-8-15-12-17(14-5-3-2-4-6-14)21(16(15)11-13)19-10-9-18(24-19)20(22)23/h2-6,9-10,12-13H,7-8,11H2,1H3,(H,22,23). The van der Waals surface area contributed by atoms with Crippen LogP contribution in [0.15, 0.2) is 52.9 Å². The summed E-state index contributed by atoms with van der Waals surface area (Å²) in [5.74, 6) is 0.109. The number of aromatic nitrogens is 1. The molecule has 1 atom stereocenters. The minimum atomic E-state index is -1.04. The first-order chi connectivity index (χ1) is 11.6. The fourth-order valence-electron chi connectivity index (χ4n) is 3.51. The molecule has 2 heterocycles. The molecule has 0 saturated carbocycles. The molecule has 4 rings (SSSR count). The molecule has 4 heteroatoms. The van der Waals surface area contributed by atoms with E-state index in [4.69, 9.17) is 9.52 Å². The lowest BCUT2D eigenvalue weighted by molar-refractivity contribution is 0.0662. The molecule has 0 saturated heterocycles. The monoisotopic (exact) mass is 321 g/mol. The summed E-state index contributed by atoms with van der Waals surface area (Å²) in [7, 11) is 0. The summed E-state index contributed by atoms with van der Waals surface area (Å²) in [4.78, 5) is 11.2. The molecular weight excluding hydrogens is 302 g/mol. The van der Waals surface area contributed by atoms with Crippen LogP contribution in [0.2, 0.25) is 0 Å². The van der Waals surface area contributed by atoms with E-state index < -0.39 is 5.97 Å². The van der Waals surface area contributed by atoms with Crippen molar-refractivity contribution in [1.82, 2.24) is 4.57 Å². The lowest BCUT2D eigenvalue weighted by Gasteiger charge is -2.20. The van der Waals surface area contributed by atoms with Crippen molar-refractivity contribution >= 4 is 5.97 Å². The second kappa shape index (κ2) is 5.71. The number of aryl methyl sites for hydroxylation is 1. The lowest BCUT2D eigenvalue weighted by atomic mass is 9.89. The zero-order valence-electron chi connectivity index (χ0n) is 13.5. The zero-order chi connectivity index (χ0) is 16.7. The maximum Gasteiger partial charge on any atom is 0.371 e. The van der Waals surface area contributed by atoms with Gasteiger partial charge in [0.15, 0.2) is 0 Å². The highest BCUT2D eigenvalue weighted by molar-refractivity contribution is 5.84. The largest absolute Gasteiger partial charge is 0.475 e. The number of carboxylic acid groups (broad SMARTS) is 1. The molecule has 3 aromatic rings. The van der Waals surface area contributed by atoms with Crippen LogP contribution in [0, 0.1) is 5.92 Å². The van der Waals surface area contributed by atoms with Gasteiger partial charge in [0.25, 0.3) is 0 Å². The Balaban J connectivity index is 1.92. The van der Waals surface area contributed by atoms with Gasteiger partial charge in [-0.3, -0.25) is 4.57 Å². The number of aromatic carboxylic acids is 1. The molecule has 1 unspecified atom stereocenters. The van der Waals surface area contributed by atoms with E-state index in [1.165, 1.54) is 23.7 Å². The second-order valence-corrected chi connectivity index (χ2v) is 6.49. The van der Waals surface area contributed by atoms with E-state index in [2.05, 4.69) is 29.7 Å². The number of benzene rings is 1. The molecule has 1 aliphatic carbocycles. The van der Waals surface area contributed by atoms with Crippen molar-refractivity contribution in [1.29, 1.82) is 0 Å². The third kappa shape index (κ3) is 2.44. The SMILES string of the molecule is CC1CCc2cc(-c3ccccc3)n(-c3ccc(C(=O)O)o3)c2C1. The Morgan fingerprint density at radius 2 is 2.00 bits per heavy atom. The predicted molar refractivity (Wildman–Crippen MR) is 91.6 cm³/mol. The summed E-state index contributed by atoms with van der Waals surface area (Å²) < 4.78 is 7.71. The molecule has 0 spiro atoms. The number of hydrogen-bond acceptors (Lipinski definition) is 2. The highest BCUT2D eigenvalue weighted by Crippen LogP contribution is 2.35. The first kappa shape index (κ1) is 14.8. The van der Waals surface area contributed by atoms with E-state index in [1.807, 2.05) is 18.2 Å². The summed E-state index contributed by atoms with van der Waals surface area (Å²) >= 11 is 0. The van der Waals surface area contributed by atoms with Crippen LogP contribution in [0.25, 0.3) is 17.1 Å². The molecule has 122 valence electrons. The Morgan fingerprint density at radius 1 is 1.21 bits per heavy atom. The number of fused-ring (bicyclic) bond motifs is 1. The molecule has 0 radical (unpaired) electrons. The third-order valence-corrected chi connectivity index (χ3v) is 4.73. The van der Waals surface area contributed by atoms with E-state index in [-0.39, 0.29) is 5.76 Å². The van der Waals surface area contributed by atoms with Crippen molar-refractivity contribution in [2.75, 3.05) is 0 Å². The summed E-state index contributed by atoms with van der Waals surface area (Å²) in [6.45, 7) is 2.26. The van der Waals surface area contributed by atoms with Gasteiger partial charge >= 0.3 is 5.97 Å². The molecule has 0 bridgehead atoms.